The molecule has 1 heterocycles. The zero-order valence-corrected chi connectivity index (χ0v) is 9.91. The van der Waals surface area contributed by atoms with E-state index >= 15 is 0 Å². The molecule has 0 saturated carbocycles. The van der Waals surface area contributed by atoms with E-state index in [9.17, 15) is 9.59 Å². The van der Waals surface area contributed by atoms with Crippen molar-refractivity contribution < 1.29 is 14.7 Å². The first kappa shape index (κ1) is 12.6. The largest absolute Gasteiger partial charge is 0.478 e. The van der Waals surface area contributed by atoms with Crippen LogP contribution in [0.15, 0.2) is 30.3 Å². The molecule has 7 nitrogen and oxygen atoms in total. The molecule has 7 heteroatoms. The number of anilines is 1. The normalized spacial score (nSPS) is 10.3. The van der Waals surface area contributed by atoms with E-state index in [0.717, 1.165) is 5.56 Å². The lowest BCUT2D eigenvalue weighted by molar-refractivity contribution is 0.0696. The summed E-state index contributed by atoms with van der Waals surface area (Å²) in [6.07, 6.45) is 0. The van der Waals surface area contributed by atoms with Crippen LogP contribution in [0.5, 0.6) is 0 Å². The lowest BCUT2D eigenvalue weighted by Crippen LogP contribution is -2.13. The van der Waals surface area contributed by atoms with Crippen LogP contribution in [-0.2, 0) is 6.54 Å². The van der Waals surface area contributed by atoms with Crippen molar-refractivity contribution in [2.24, 2.45) is 5.73 Å². The predicted octanol–water partition coefficient (Wildman–Crippen LogP) is 0.311. The minimum atomic E-state index is -0.985. The van der Waals surface area contributed by atoms with E-state index in [-0.39, 0.29) is 11.3 Å². The number of carbonyl (C=O) groups excluding carboxylic acids is 1. The molecule has 1 amide bonds. The summed E-state index contributed by atoms with van der Waals surface area (Å²) < 4.78 is 1.43. The minimum absolute atomic E-state index is 0.0969. The summed E-state index contributed by atoms with van der Waals surface area (Å²) in [5.41, 5.74) is 11.9. The van der Waals surface area contributed by atoms with Gasteiger partial charge in [-0.2, -0.15) is 5.10 Å². The third kappa shape index (κ3) is 2.71. The highest BCUT2D eigenvalue weighted by Gasteiger charge is 2.10. The van der Waals surface area contributed by atoms with Gasteiger partial charge in [0, 0.05) is 6.07 Å². The number of hydrogen-bond acceptors (Lipinski definition) is 4. The van der Waals surface area contributed by atoms with E-state index in [4.69, 9.17) is 16.6 Å². The number of aromatic nitrogens is 2. The summed E-state index contributed by atoms with van der Waals surface area (Å²) in [5, 5.41) is 12.7. The Bertz CT molecular complexity index is 631. The van der Waals surface area contributed by atoms with Gasteiger partial charge in [0.15, 0.2) is 5.69 Å². The SMILES string of the molecule is NC(=O)c1cc(N)n(Cc2ccc(C(=O)O)cc2)n1. The van der Waals surface area contributed by atoms with Gasteiger partial charge in [-0.15, -0.1) is 0 Å². The first-order valence-electron chi connectivity index (χ1n) is 5.42. The lowest BCUT2D eigenvalue weighted by Gasteiger charge is -2.04. The number of rotatable bonds is 4. The molecule has 0 spiro atoms. The van der Waals surface area contributed by atoms with Crippen molar-refractivity contribution in [3.05, 3.63) is 47.2 Å². The van der Waals surface area contributed by atoms with Gasteiger partial charge >= 0.3 is 5.97 Å². The Balaban J connectivity index is 2.21. The second kappa shape index (κ2) is 4.81. The molecule has 98 valence electrons. The topological polar surface area (TPSA) is 124 Å². The highest BCUT2D eigenvalue weighted by Crippen LogP contribution is 2.11. The van der Waals surface area contributed by atoms with Crippen molar-refractivity contribution in [3.8, 4) is 0 Å². The van der Waals surface area contributed by atoms with Crippen LogP contribution in [-0.4, -0.2) is 26.8 Å². The van der Waals surface area contributed by atoms with Crippen LogP contribution in [0.2, 0.25) is 0 Å². The molecular weight excluding hydrogens is 248 g/mol. The fraction of sp³-hybridized carbons (Fsp3) is 0.0833. The molecule has 0 radical (unpaired) electrons. The van der Waals surface area contributed by atoms with E-state index in [2.05, 4.69) is 5.10 Å². The van der Waals surface area contributed by atoms with E-state index in [1.165, 1.54) is 22.9 Å². The van der Waals surface area contributed by atoms with Crippen LogP contribution in [0.25, 0.3) is 0 Å². The Hall–Kier alpha value is -2.83. The van der Waals surface area contributed by atoms with Crippen LogP contribution >= 0.6 is 0 Å². The van der Waals surface area contributed by atoms with Gasteiger partial charge in [0.05, 0.1) is 12.1 Å². The van der Waals surface area contributed by atoms with Gasteiger partial charge in [0.25, 0.3) is 5.91 Å². The van der Waals surface area contributed by atoms with Crippen molar-refractivity contribution in [2.45, 2.75) is 6.54 Å². The van der Waals surface area contributed by atoms with Gasteiger partial charge in [-0.3, -0.25) is 4.79 Å². The molecule has 0 aliphatic heterocycles. The zero-order chi connectivity index (χ0) is 14.0. The zero-order valence-electron chi connectivity index (χ0n) is 9.91. The molecule has 1 aromatic heterocycles. The second-order valence-corrected chi connectivity index (χ2v) is 3.98. The van der Waals surface area contributed by atoms with Gasteiger partial charge in [-0.25, -0.2) is 9.48 Å². The highest BCUT2D eigenvalue weighted by molar-refractivity contribution is 5.91. The molecule has 2 rings (SSSR count). The second-order valence-electron chi connectivity index (χ2n) is 3.98. The number of carbonyl (C=O) groups is 2. The van der Waals surface area contributed by atoms with Crippen molar-refractivity contribution in [2.75, 3.05) is 5.73 Å². The summed E-state index contributed by atoms with van der Waals surface area (Å²) >= 11 is 0. The maximum atomic E-state index is 11.0. The van der Waals surface area contributed by atoms with Gasteiger partial charge in [0.1, 0.15) is 5.82 Å². The van der Waals surface area contributed by atoms with Crippen LogP contribution < -0.4 is 11.5 Å². The summed E-state index contributed by atoms with van der Waals surface area (Å²) in [5.74, 6) is -1.32. The molecule has 19 heavy (non-hydrogen) atoms. The van der Waals surface area contributed by atoms with Crippen molar-refractivity contribution in [1.29, 1.82) is 0 Å². The molecule has 2 aromatic rings. The van der Waals surface area contributed by atoms with Crippen LogP contribution in [0.4, 0.5) is 5.82 Å². The van der Waals surface area contributed by atoms with Gasteiger partial charge in [0.2, 0.25) is 0 Å². The Morgan fingerprint density at radius 1 is 1.26 bits per heavy atom. The Kier molecular flexibility index (Phi) is 3.19. The van der Waals surface area contributed by atoms with Crippen molar-refractivity contribution in [3.63, 3.8) is 0 Å². The molecule has 0 fully saturated rings. The predicted molar refractivity (Wildman–Crippen MR) is 67.7 cm³/mol. The maximum Gasteiger partial charge on any atom is 0.335 e. The fourth-order valence-electron chi connectivity index (χ4n) is 1.60. The average molecular weight is 260 g/mol. The molecule has 1 aromatic carbocycles. The molecule has 0 aliphatic rings. The van der Waals surface area contributed by atoms with E-state index < -0.39 is 11.9 Å². The summed E-state index contributed by atoms with van der Waals surface area (Å²) in [6, 6.07) is 7.70. The molecule has 5 N–H and O–H groups in total. The van der Waals surface area contributed by atoms with Crippen LogP contribution in [0.1, 0.15) is 26.4 Å². The number of nitrogens with zero attached hydrogens (tertiary/aromatic N) is 2. The van der Waals surface area contributed by atoms with Crippen molar-refractivity contribution in [1.82, 2.24) is 9.78 Å². The summed E-state index contributed by atoms with van der Waals surface area (Å²) in [6.45, 7) is 0.332. The fourth-order valence-corrected chi connectivity index (χ4v) is 1.60. The van der Waals surface area contributed by atoms with Gasteiger partial charge in [-0.05, 0) is 17.7 Å². The van der Waals surface area contributed by atoms with E-state index in [1.54, 1.807) is 12.1 Å². The third-order valence-corrected chi connectivity index (χ3v) is 2.60. The quantitative estimate of drug-likeness (QED) is 0.729. The molecule has 0 aliphatic carbocycles. The first-order valence-corrected chi connectivity index (χ1v) is 5.42. The molecule has 0 saturated heterocycles. The number of aromatic carboxylic acids is 1. The Morgan fingerprint density at radius 2 is 1.89 bits per heavy atom. The minimum Gasteiger partial charge on any atom is -0.478 e. The molecular formula is C12H12N4O3. The average Bonchev–Trinajstić information content (AvgIpc) is 2.72. The number of hydrogen-bond donors (Lipinski definition) is 3. The monoisotopic (exact) mass is 260 g/mol. The standard InChI is InChI=1S/C12H12N4O3/c13-10-5-9(11(14)17)15-16(10)6-7-1-3-8(4-2-7)12(18)19/h1-5H,6,13H2,(H2,14,17)(H,18,19). The number of carboxylic acid groups (broad SMARTS) is 1. The number of nitrogen functional groups attached to an aromatic ring is 1. The van der Waals surface area contributed by atoms with Crippen LogP contribution in [0.3, 0.4) is 0 Å². The Morgan fingerprint density at radius 3 is 2.37 bits per heavy atom. The number of carboxylic acids is 1. The van der Waals surface area contributed by atoms with E-state index in [0.29, 0.717) is 12.4 Å². The smallest absolute Gasteiger partial charge is 0.335 e. The number of benzene rings is 1. The van der Waals surface area contributed by atoms with Crippen LogP contribution in [0, 0.1) is 0 Å². The number of amides is 1. The van der Waals surface area contributed by atoms with Crippen molar-refractivity contribution >= 4 is 17.7 Å². The van der Waals surface area contributed by atoms with Gasteiger partial charge in [-0.1, -0.05) is 12.1 Å². The molecule has 0 unspecified atom stereocenters. The first-order chi connectivity index (χ1) is 8.97. The number of nitrogens with two attached hydrogens (primary N) is 2. The summed E-state index contributed by atoms with van der Waals surface area (Å²) in [4.78, 5) is 21.7. The Labute approximate surface area is 108 Å². The number of primary amides is 1. The lowest BCUT2D eigenvalue weighted by atomic mass is 10.1. The summed E-state index contributed by atoms with van der Waals surface area (Å²) in [7, 11) is 0. The molecule has 0 bridgehead atoms. The third-order valence-electron chi connectivity index (χ3n) is 2.60. The molecule has 0 atom stereocenters. The highest BCUT2D eigenvalue weighted by atomic mass is 16.4. The maximum absolute atomic E-state index is 11.0. The van der Waals surface area contributed by atoms with Gasteiger partial charge < -0.3 is 16.6 Å². The van der Waals surface area contributed by atoms with E-state index in [1.807, 2.05) is 0 Å².